The molecule has 82 valence electrons. The minimum atomic E-state index is -0.117. The van der Waals surface area contributed by atoms with Crippen LogP contribution in [0, 0.1) is 0 Å². The zero-order valence-electron chi connectivity index (χ0n) is 8.62. The first-order valence-electron chi connectivity index (χ1n) is 5.36. The van der Waals surface area contributed by atoms with Crippen molar-refractivity contribution in [3.63, 3.8) is 0 Å². The Morgan fingerprint density at radius 2 is 2.40 bits per heavy atom. The van der Waals surface area contributed by atoms with Crippen LogP contribution in [0.15, 0.2) is 17.2 Å². The molecule has 3 N–H and O–H groups in total. The van der Waals surface area contributed by atoms with Gasteiger partial charge in [0.2, 0.25) is 0 Å². The molecule has 0 spiro atoms. The largest absolute Gasteiger partial charge is 0.366 e. The molecule has 2 heterocycles. The fraction of sp³-hybridized carbons (Fsp3) is 0.600. The Morgan fingerprint density at radius 1 is 1.47 bits per heavy atom. The second-order valence-corrected chi connectivity index (χ2v) is 3.84. The summed E-state index contributed by atoms with van der Waals surface area (Å²) in [5, 5.41) is 6.62. The lowest BCUT2D eigenvalue weighted by molar-refractivity contribution is 0.633. The molecule has 1 aromatic heterocycles. The summed E-state index contributed by atoms with van der Waals surface area (Å²) in [6, 6.07) is 1.87. The van der Waals surface area contributed by atoms with Gasteiger partial charge in [0.15, 0.2) is 0 Å². The van der Waals surface area contributed by atoms with Crippen LogP contribution in [0.1, 0.15) is 19.3 Å². The summed E-state index contributed by atoms with van der Waals surface area (Å²) < 4.78 is 0. The highest BCUT2D eigenvalue weighted by Gasteiger charge is 2.11. The van der Waals surface area contributed by atoms with Gasteiger partial charge in [0.1, 0.15) is 5.82 Å². The van der Waals surface area contributed by atoms with E-state index < -0.39 is 0 Å². The van der Waals surface area contributed by atoms with Crippen LogP contribution in [0.25, 0.3) is 0 Å². The van der Waals surface area contributed by atoms with Gasteiger partial charge in [-0.05, 0) is 19.4 Å². The van der Waals surface area contributed by atoms with E-state index in [-0.39, 0.29) is 5.56 Å². The monoisotopic (exact) mass is 208 g/mol. The molecule has 1 aliphatic heterocycles. The maximum atomic E-state index is 11.0. The zero-order chi connectivity index (χ0) is 10.5. The van der Waals surface area contributed by atoms with Crippen LogP contribution in [0.5, 0.6) is 0 Å². The third kappa shape index (κ3) is 3.06. The Bertz CT molecular complexity index is 354. The third-order valence-corrected chi connectivity index (χ3v) is 2.58. The molecule has 1 saturated heterocycles. The molecule has 0 amide bonds. The molecule has 0 bridgehead atoms. The molecular weight excluding hydrogens is 192 g/mol. The van der Waals surface area contributed by atoms with E-state index >= 15 is 0 Å². The summed E-state index contributed by atoms with van der Waals surface area (Å²) in [5.74, 6) is 0.660. The van der Waals surface area contributed by atoms with E-state index in [0.29, 0.717) is 11.9 Å². The average Bonchev–Trinajstić information content (AvgIpc) is 2.46. The Hall–Kier alpha value is -1.36. The maximum Gasteiger partial charge on any atom is 0.252 e. The zero-order valence-corrected chi connectivity index (χ0v) is 8.62. The number of aromatic nitrogens is 2. The molecule has 2 rings (SSSR count). The lowest BCUT2D eigenvalue weighted by Crippen LogP contribution is -2.31. The second-order valence-electron chi connectivity index (χ2n) is 3.84. The summed E-state index contributed by atoms with van der Waals surface area (Å²) in [6.07, 6.45) is 4.99. The molecule has 1 unspecified atom stereocenters. The molecule has 5 nitrogen and oxygen atoms in total. The van der Waals surface area contributed by atoms with Gasteiger partial charge in [0, 0.05) is 18.7 Å². The number of hydrogen-bond donors (Lipinski definition) is 3. The van der Waals surface area contributed by atoms with Gasteiger partial charge in [-0.2, -0.15) is 0 Å². The van der Waals surface area contributed by atoms with Gasteiger partial charge in [-0.25, -0.2) is 4.98 Å². The molecule has 1 aromatic rings. The number of rotatable bonds is 2. The number of hydrogen-bond acceptors (Lipinski definition) is 4. The number of aromatic amines is 1. The van der Waals surface area contributed by atoms with Crippen molar-refractivity contribution < 1.29 is 0 Å². The highest BCUT2D eigenvalue weighted by Crippen LogP contribution is 2.08. The molecule has 1 aliphatic rings. The van der Waals surface area contributed by atoms with Crippen LogP contribution in [-0.2, 0) is 0 Å². The van der Waals surface area contributed by atoms with E-state index in [2.05, 4.69) is 20.6 Å². The van der Waals surface area contributed by atoms with E-state index in [1.165, 1.54) is 25.2 Å². The van der Waals surface area contributed by atoms with Gasteiger partial charge in [-0.1, -0.05) is 6.42 Å². The first kappa shape index (κ1) is 10.2. The van der Waals surface area contributed by atoms with Crippen LogP contribution in [0.4, 0.5) is 5.82 Å². The molecule has 0 aromatic carbocycles. The van der Waals surface area contributed by atoms with Crippen LogP contribution < -0.4 is 16.2 Å². The second kappa shape index (κ2) is 4.93. The van der Waals surface area contributed by atoms with Gasteiger partial charge in [-0.3, -0.25) is 4.79 Å². The number of H-pyrrole nitrogens is 1. The van der Waals surface area contributed by atoms with E-state index in [9.17, 15) is 4.79 Å². The van der Waals surface area contributed by atoms with Gasteiger partial charge in [-0.15, -0.1) is 0 Å². The van der Waals surface area contributed by atoms with Gasteiger partial charge in [0.25, 0.3) is 5.56 Å². The highest BCUT2D eigenvalue weighted by atomic mass is 16.1. The van der Waals surface area contributed by atoms with E-state index in [1.807, 2.05) is 0 Å². The third-order valence-electron chi connectivity index (χ3n) is 2.58. The average molecular weight is 208 g/mol. The summed E-state index contributed by atoms with van der Waals surface area (Å²) >= 11 is 0. The topological polar surface area (TPSA) is 69.8 Å². The predicted octanol–water partition coefficient (Wildman–Crippen LogP) is 0.324. The van der Waals surface area contributed by atoms with E-state index in [1.54, 1.807) is 0 Å². The van der Waals surface area contributed by atoms with Crippen molar-refractivity contribution in [2.24, 2.45) is 0 Å². The summed E-state index contributed by atoms with van der Waals surface area (Å²) in [4.78, 5) is 17.6. The molecule has 1 fully saturated rings. The fourth-order valence-electron chi connectivity index (χ4n) is 1.80. The SMILES string of the molecule is O=c1cc(NC2CCCCNC2)nc[nH]1. The minimum Gasteiger partial charge on any atom is -0.366 e. The lowest BCUT2D eigenvalue weighted by Gasteiger charge is -2.16. The van der Waals surface area contributed by atoms with Crippen LogP contribution >= 0.6 is 0 Å². The normalized spacial score (nSPS) is 22.0. The Labute approximate surface area is 88.3 Å². The van der Waals surface area contributed by atoms with Crippen molar-refractivity contribution in [2.45, 2.75) is 25.3 Å². The number of nitrogens with zero attached hydrogens (tertiary/aromatic N) is 1. The van der Waals surface area contributed by atoms with Gasteiger partial charge in [0.05, 0.1) is 6.33 Å². The van der Waals surface area contributed by atoms with Crippen LogP contribution in [0.2, 0.25) is 0 Å². The quantitative estimate of drug-likeness (QED) is 0.655. The first-order chi connectivity index (χ1) is 7.34. The van der Waals surface area contributed by atoms with Crippen molar-refractivity contribution in [2.75, 3.05) is 18.4 Å². The molecule has 0 aliphatic carbocycles. The van der Waals surface area contributed by atoms with Crippen LogP contribution in [-0.4, -0.2) is 29.1 Å². The maximum absolute atomic E-state index is 11.0. The van der Waals surface area contributed by atoms with E-state index in [4.69, 9.17) is 0 Å². The molecule has 0 radical (unpaired) electrons. The van der Waals surface area contributed by atoms with Crippen molar-refractivity contribution in [1.82, 2.24) is 15.3 Å². The molecule has 15 heavy (non-hydrogen) atoms. The van der Waals surface area contributed by atoms with Crippen LogP contribution in [0.3, 0.4) is 0 Å². The minimum absolute atomic E-state index is 0.117. The fourth-order valence-corrected chi connectivity index (χ4v) is 1.80. The Balaban J connectivity index is 1.98. The Morgan fingerprint density at radius 3 is 3.27 bits per heavy atom. The Kier molecular flexibility index (Phi) is 3.34. The molecular formula is C10H16N4O. The van der Waals surface area contributed by atoms with Gasteiger partial charge < -0.3 is 15.6 Å². The molecule has 1 atom stereocenters. The standard InChI is InChI=1S/C10H16N4O/c15-10-5-9(12-7-13-10)14-8-3-1-2-4-11-6-8/h5,7-8,11H,1-4,6H2,(H2,12,13,14,15). The molecule has 0 saturated carbocycles. The summed E-state index contributed by atoms with van der Waals surface area (Å²) in [7, 11) is 0. The van der Waals surface area contributed by atoms with Crippen molar-refractivity contribution in [1.29, 1.82) is 0 Å². The summed E-state index contributed by atoms with van der Waals surface area (Å²) in [5.41, 5.74) is -0.117. The molecule has 5 heteroatoms. The first-order valence-corrected chi connectivity index (χ1v) is 5.36. The van der Waals surface area contributed by atoms with Crippen molar-refractivity contribution in [3.8, 4) is 0 Å². The highest BCUT2D eigenvalue weighted by molar-refractivity contribution is 5.33. The van der Waals surface area contributed by atoms with Crippen molar-refractivity contribution in [3.05, 3.63) is 22.7 Å². The van der Waals surface area contributed by atoms with E-state index in [0.717, 1.165) is 19.5 Å². The number of anilines is 1. The van der Waals surface area contributed by atoms with Gasteiger partial charge >= 0.3 is 0 Å². The summed E-state index contributed by atoms with van der Waals surface area (Å²) in [6.45, 7) is 2.02. The predicted molar refractivity (Wildman–Crippen MR) is 59.0 cm³/mol. The lowest BCUT2D eigenvalue weighted by atomic mass is 10.1. The smallest absolute Gasteiger partial charge is 0.252 e. The number of nitrogens with one attached hydrogen (secondary N) is 3. The van der Waals surface area contributed by atoms with Crippen molar-refractivity contribution >= 4 is 5.82 Å².